The molecule has 2 unspecified atom stereocenters. The molecule has 0 spiro atoms. The van der Waals surface area contributed by atoms with Gasteiger partial charge in [-0.05, 0) is 41.7 Å². The normalized spacial score (nSPS) is 20.6. The second-order valence-corrected chi connectivity index (χ2v) is 7.29. The third-order valence-corrected chi connectivity index (χ3v) is 5.51. The van der Waals surface area contributed by atoms with Crippen LogP contribution in [0.25, 0.3) is 0 Å². The highest BCUT2D eigenvalue weighted by Gasteiger charge is 2.49. The number of amides is 2. The van der Waals surface area contributed by atoms with Gasteiger partial charge in [0.25, 0.3) is 0 Å². The number of nitrogens with zero attached hydrogens (tertiary/aromatic N) is 1. The van der Waals surface area contributed by atoms with E-state index in [0.717, 1.165) is 24.3 Å². The molecule has 1 aliphatic heterocycles. The van der Waals surface area contributed by atoms with Gasteiger partial charge >= 0.3 is 0 Å². The molecule has 2 aromatic carbocycles. The predicted molar refractivity (Wildman–Crippen MR) is 102 cm³/mol. The van der Waals surface area contributed by atoms with Gasteiger partial charge in [-0.15, -0.1) is 0 Å². The van der Waals surface area contributed by atoms with Crippen LogP contribution in [0.5, 0.6) is 5.75 Å². The number of nitrogens with one attached hydrogen (secondary N) is 1. The summed E-state index contributed by atoms with van der Waals surface area (Å²) in [5, 5.41) is 2.95. The monoisotopic (exact) mass is 364 g/mol. The molecular weight excluding hydrogens is 340 g/mol. The zero-order chi connectivity index (χ0) is 18.8. The molecule has 1 N–H and O–H groups in total. The molecule has 4 rings (SSSR count). The number of carbonyl (C=O) groups is 2. The van der Waals surface area contributed by atoms with Crippen LogP contribution in [0.15, 0.2) is 48.5 Å². The molecule has 27 heavy (non-hydrogen) atoms. The number of carbonyl (C=O) groups excluding carboxylic acids is 2. The van der Waals surface area contributed by atoms with E-state index in [1.165, 1.54) is 11.1 Å². The largest absolute Gasteiger partial charge is 0.497 e. The number of fused-ring (bicyclic) bond motifs is 1. The van der Waals surface area contributed by atoms with Crippen LogP contribution in [0.3, 0.4) is 0 Å². The molecule has 140 valence electrons. The van der Waals surface area contributed by atoms with E-state index in [0.29, 0.717) is 19.5 Å². The minimum atomic E-state index is -0.187. The Morgan fingerprint density at radius 2 is 1.81 bits per heavy atom. The number of hydrogen-bond donors (Lipinski definition) is 1. The van der Waals surface area contributed by atoms with Gasteiger partial charge in [-0.3, -0.25) is 9.59 Å². The highest BCUT2D eigenvalue weighted by Crippen LogP contribution is 2.41. The van der Waals surface area contributed by atoms with Crippen LogP contribution < -0.4 is 10.1 Å². The molecule has 5 heteroatoms. The molecular formula is C22H24N2O3. The maximum atomic E-state index is 12.8. The Balaban J connectivity index is 1.28. The smallest absolute Gasteiger partial charge is 0.226 e. The lowest BCUT2D eigenvalue weighted by atomic mass is 9.99. The molecule has 1 saturated carbocycles. The van der Waals surface area contributed by atoms with Gasteiger partial charge in [0.05, 0.1) is 18.9 Å². The molecule has 1 heterocycles. The van der Waals surface area contributed by atoms with E-state index in [4.69, 9.17) is 4.74 Å². The van der Waals surface area contributed by atoms with Crippen LogP contribution >= 0.6 is 0 Å². The van der Waals surface area contributed by atoms with Crippen molar-refractivity contribution >= 4 is 11.8 Å². The summed E-state index contributed by atoms with van der Waals surface area (Å²) < 4.78 is 5.13. The molecule has 5 nitrogen and oxygen atoms in total. The molecule has 0 aromatic heterocycles. The Morgan fingerprint density at radius 3 is 2.56 bits per heavy atom. The van der Waals surface area contributed by atoms with Crippen LogP contribution in [-0.2, 0) is 29.1 Å². The van der Waals surface area contributed by atoms with E-state index in [-0.39, 0.29) is 23.7 Å². The molecule has 1 aliphatic carbocycles. The Labute approximate surface area is 159 Å². The fraction of sp³-hybridized carbons (Fsp3) is 0.364. The van der Waals surface area contributed by atoms with Gasteiger partial charge < -0.3 is 15.0 Å². The van der Waals surface area contributed by atoms with E-state index >= 15 is 0 Å². The van der Waals surface area contributed by atoms with Crippen LogP contribution in [0.4, 0.5) is 0 Å². The van der Waals surface area contributed by atoms with Crippen LogP contribution in [0, 0.1) is 11.8 Å². The zero-order valence-corrected chi connectivity index (χ0v) is 15.5. The first-order chi connectivity index (χ1) is 13.2. The van der Waals surface area contributed by atoms with Crippen molar-refractivity contribution in [2.45, 2.75) is 25.9 Å². The summed E-state index contributed by atoms with van der Waals surface area (Å²) in [6.45, 7) is 1.87. The van der Waals surface area contributed by atoms with Crippen molar-refractivity contribution in [2.24, 2.45) is 11.8 Å². The van der Waals surface area contributed by atoms with Gasteiger partial charge in [0, 0.05) is 19.6 Å². The van der Waals surface area contributed by atoms with Crippen molar-refractivity contribution in [1.29, 1.82) is 0 Å². The fourth-order valence-electron chi connectivity index (χ4n) is 3.74. The van der Waals surface area contributed by atoms with E-state index in [1.54, 1.807) is 7.11 Å². The summed E-state index contributed by atoms with van der Waals surface area (Å²) in [6, 6.07) is 15.9. The van der Waals surface area contributed by atoms with Crippen LogP contribution in [0.2, 0.25) is 0 Å². The second-order valence-electron chi connectivity index (χ2n) is 7.29. The van der Waals surface area contributed by atoms with E-state index in [1.807, 2.05) is 41.3 Å². The van der Waals surface area contributed by atoms with Crippen molar-refractivity contribution in [3.63, 3.8) is 0 Å². The second kappa shape index (κ2) is 7.43. The molecule has 2 aromatic rings. The molecule has 2 aliphatic rings. The topological polar surface area (TPSA) is 58.6 Å². The Hall–Kier alpha value is -2.82. The standard InChI is InChI=1S/C22H24N2O3/c1-27-18-8-6-15(7-9-18)13-23-21(25)19-12-20(19)22(26)24-11-10-16-4-2-3-5-17(16)14-24/h2-9,19-20H,10-14H2,1H3,(H,23,25). The summed E-state index contributed by atoms with van der Waals surface area (Å²) in [4.78, 5) is 27.1. The van der Waals surface area contributed by atoms with Crippen LogP contribution in [0.1, 0.15) is 23.1 Å². The summed E-state index contributed by atoms with van der Waals surface area (Å²) in [7, 11) is 1.63. The van der Waals surface area contributed by atoms with Crippen molar-refractivity contribution in [2.75, 3.05) is 13.7 Å². The average molecular weight is 364 g/mol. The minimum Gasteiger partial charge on any atom is -0.497 e. The third-order valence-electron chi connectivity index (χ3n) is 5.51. The van der Waals surface area contributed by atoms with Gasteiger partial charge in [0.15, 0.2) is 0 Å². The number of methoxy groups -OCH3 is 1. The SMILES string of the molecule is COc1ccc(CNC(=O)C2CC2C(=O)N2CCc3ccccc3C2)cc1. The van der Waals surface area contributed by atoms with E-state index in [9.17, 15) is 9.59 Å². The van der Waals surface area contributed by atoms with Crippen molar-refractivity contribution in [1.82, 2.24) is 10.2 Å². The Kier molecular flexibility index (Phi) is 4.84. The first-order valence-corrected chi connectivity index (χ1v) is 9.42. The third kappa shape index (κ3) is 3.82. The van der Waals surface area contributed by atoms with Crippen molar-refractivity contribution in [3.05, 3.63) is 65.2 Å². The maximum absolute atomic E-state index is 12.8. The molecule has 2 atom stereocenters. The van der Waals surface area contributed by atoms with Gasteiger partial charge in [-0.25, -0.2) is 0 Å². The van der Waals surface area contributed by atoms with E-state index in [2.05, 4.69) is 17.4 Å². The lowest BCUT2D eigenvalue weighted by Crippen LogP contribution is -2.38. The van der Waals surface area contributed by atoms with Gasteiger partial charge in [0.1, 0.15) is 5.75 Å². The number of benzene rings is 2. The first-order valence-electron chi connectivity index (χ1n) is 9.42. The van der Waals surface area contributed by atoms with Crippen molar-refractivity contribution < 1.29 is 14.3 Å². The predicted octanol–water partition coefficient (Wildman–Crippen LogP) is 2.53. The number of rotatable bonds is 5. The molecule has 1 fully saturated rings. The number of ether oxygens (including phenoxy) is 1. The average Bonchev–Trinajstić information content (AvgIpc) is 3.52. The Morgan fingerprint density at radius 1 is 1.07 bits per heavy atom. The Bertz CT molecular complexity index is 847. The van der Waals surface area contributed by atoms with E-state index < -0.39 is 0 Å². The number of hydrogen-bond acceptors (Lipinski definition) is 3. The zero-order valence-electron chi connectivity index (χ0n) is 15.5. The fourth-order valence-corrected chi connectivity index (χ4v) is 3.74. The lowest BCUT2D eigenvalue weighted by molar-refractivity contribution is -0.135. The highest BCUT2D eigenvalue weighted by molar-refractivity contribution is 5.92. The molecule has 0 radical (unpaired) electrons. The summed E-state index contributed by atoms with van der Waals surface area (Å²) in [5.74, 6) is 0.538. The molecule has 0 bridgehead atoms. The van der Waals surface area contributed by atoms with Gasteiger partial charge in [-0.2, -0.15) is 0 Å². The first kappa shape index (κ1) is 17.6. The molecule has 0 saturated heterocycles. The minimum absolute atomic E-state index is 0.0263. The van der Waals surface area contributed by atoms with Gasteiger partial charge in [-0.1, -0.05) is 36.4 Å². The summed E-state index contributed by atoms with van der Waals surface area (Å²) in [6.07, 6.45) is 1.55. The van der Waals surface area contributed by atoms with Gasteiger partial charge in [0.2, 0.25) is 11.8 Å². The highest BCUT2D eigenvalue weighted by atomic mass is 16.5. The summed E-state index contributed by atoms with van der Waals surface area (Å²) >= 11 is 0. The quantitative estimate of drug-likeness (QED) is 0.887. The van der Waals surface area contributed by atoms with Crippen molar-refractivity contribution in [3.8, 4) is 5.75 Å². The van der Waals surface area contributed by atoms with Crippen LogP contribution in [-0.4, -0.2) is 30.4 Å². The maximum Gasteiger partial charge on any atom is 0.226 e. The lowest BCUT2D eigenvalue weighted by Gasteiger charge is -2.29. The summed E-state index contributed by atoms with van der Waals surface area (Å²) in [5.41, 5.74) is 3.56. The molecule has 2 amide bonds.